The van der Waals surface area contributed by atoms with Gasteiger partial charge in [-0.1, -0.05) is 19.8 Å². The van der Waals surface area contributed by atoms with E-state index in [1.165, 1.54) is 19.3 Å². The van der Waals surface area contributed by atoms with E-state index < -0.39 is 0 Å². The Hall–Kier alpha value is -1.58. The molecule has 1 atom stereocenters. The van der Waals surface area contributed by atoms with Crippen molar-refractivity contribution in [3.05, 3.63) is 24.0 Å². The van der Waals surface area contributed by atoms with Gasteiger partial charge in [-0.05, 0) is 37.3 Å². The third kappa shape index (κ3) is 4.22. The molecule has 110 valence electrons. The Balaban J connectivity index is 1.87. The summed E-state index contributed by atoms with van der Waals surface area (Å²) >= 11 is 0. The second-order valence-electron chi connectivity index (χ2n) is 5.73. The summed E-state index contributed by atoms with van der Waals surface area (Å²) in [6.45, 7) is 4.03. The summed E-state index contributed by atoms with van der Waals surface area (Å²) in [5.74, 6) is 0.992. The van der Waals surface area contributed by atoms with Crippen LogP contribution in [0.5, 0.6) is 0 Å². The van der Waals surface area contributed by atoms with E-state index in [0.29, 0.717) is 12.1 Å². The van der Waals surface area contributed by atoms with Crippen LogP contribution in [-0.2, 0) is 11.2 Å². The molecule has 1 amide bonds. The third-order valence-electron chi connectivity index (χ3n) is 4.08. The lowest BCUT2D eigenvalue weighted by molar-refractivity contribution is -0.130. The minimum Gasteiger partial charge on any atom is -0.397 e. The van der Waals surface area contributed by atoms with Gasteiger partial charge >= 0.3 is 0 Å². The molecule has 1 unspecified atom stereocenters. The molecule has 0 spiro atoms. The van der Waals surface area contributed by atoms with Crippen LogP contribution in [-0.4, -0.2) is 28.9 Å². The highest BCUT2D eigenvalue weighted by molar-refractivity contribution is 5.78. The molecule has 1 aromatic heterocycles. The van der Waals surface area contributed by atoms with Crippen LogP contribution in [0.4, 0.5) is 5.69 Å². The second-order valence-corrected chi connectivity index (χ2v) is 5.73. The number of carbonyl (C=O) groups excluding carboxylic acids is 1. The van der Waals surface area contributed by atoms with Crippen molar-refractivity contribution < 1.29 is 4.79 Å². The average molecular weight is 275 g/mol. The lowest BCUT2D eigenvalue weighted by Gasteiger charge is -2.20. The first-order valence-electron chi connectivity index (χ1n) is 7.67. The van der Waals surface area contributed by atoms with Gasteiger partial charge < -0.3 is 10.6 Å². The molecule has 0 saturated carbocycles. The molecule has 2 heterocycles. The van der Waals surface area contributed by atoms with Crippen molar-refractivity contribution in [3.8, 4) is 0 Å². The molecular formula is C16H25N3O. The number of hydrogen-bond donors (Lipinski definition) is 1. The zero-order valence-corrected chi connectivity index (χ0v) is 12.3. The zero-order valence-electron chi connectivity index (χ0n) is 12.3. The SMILES string of the molecule is CCCC1CCCN(C(=O)Cc2ccc(N)cn2)CC1. The Bertz CT molecular complexity index is 430. The summed E-state index contributed by atoms with van der Waals surface area (Å²) < 4.78 is 0. The average Bonchev–Trinajstić information content (AvgIpc) is 2.67. The van der Waals surface area contributed by atoms with Crippen LogP contribution >= 0.6 is 0 Å². The fourth-order valence-corrected chi connectivity index (χ4v) is 2.92. The fourth-order valence-electron chi connectivity index (χ4n) is 2.92. The predicted octanol–water partition coefficient (Wildman–Crippen LogP) is 2.64. The molecule has 0 radical (unpaired) electrons. The summed E-state index contributed by atoms with van der Waals surface area (Å²) in [5.41, 5.74) is 7.05. The lowest BCUT2D eigenvalue weighted by Crippen LogP contribution is -2.33. The quantitative estimate of drug-likeness (QED) is 0.919. The summed E-state index contributed by atoms with van der Waals surface area (Å²) in [7, 11) is 0. The van der Waals surface area contributed by atoms with E-state index in [4.69, 9.17) is 5.73 Å². The number of rotatable bonds is 4. The van der Waals surface area contributed by atoms with E-state index in [2.05, 4.69) is 11.9 Å². The van der Waals surface area contributed by atoms with E-state index in [0.717, 1.165) is 37.5 Å². The number of hydrogen-bond acceptors (Lipinski definition) is 3. The van der Waals surface area contributed by atoms with Crippen LogP contribution in [0, 0.1) is 5.92 Å². The van der Waals surface area contributed by atoms with Gasteiger partial charge in [0, 0.05) is 18.8 Å². The fraction of sp³-hybridized carbons (Fsp3) is 0.625. The Labute approximate surface area is 121 Å². The van der Waals surface area contributed by atoms with Crippen molar-refractivity contribution in [1.29, 1.82) is 0 Å². The van der Waals surface area contributed by atoms with Gasteiger partial charge in [0.15, 0.2) is 0 Å². The van der Waals surface area contributed by atoms with Gasteiger partial charge in [-0.25, -0.2) is 0 Å². The zero-order chi connectivity index (χ0) is 14.4. The summed E-state index contributed by atoms with van der Waals surface area (Å²) in [5, 5.41) is 0. The molecule has 20 heavy (non-hydrogen) atoms. The standard InChI is InChI=1S/C16H25N3O/c1-2-4-13-5-3-9-19(10-8-13)16(20)11-15-7-6-14(17)12-18-15/h6-7,12-13H,2-5,8-11,17H2,1H3. The van der Waals surface area contributed by atoms with Crippen molar-refractivity contribution in [2.24, 2.45) is 5.92 Å². The summed E-state index contributed by atoms with van der Waals surface area (Å²) in [6, 6.07) is 3.64. The smallest absolute Gasteiger partial charge is 0.228 e. The highest BCUT2D eigenvalue weighted by atomic mass is 16.2. The molecule has 0 aromatic carbocycles. The number of nitrogens with zero attached hydrogens (tertiary/aromatic N) is 2. The highest BCUT2D eigenvalue weighted by Crippen LogP contribution is 2.22. The summed E-state index contributed by atoms with van der Waals surface area (Å²) in [4.78, 5) is 18.5. The summed E-state index contributed by atoms with van der Waals surface area (Å²) in [6.07, 6.45) is 8.08. The maximum absolute atomic E-state index is 12.3. The van der Waals surface area contributed by atoms with Gasteiger partial charge in [-0.3, -0.25) is 9.78 Å². The van der Waals surface area contributed by atoms with Crippen molar-refractivity contribution >= 4 is 11.6 Å². The Morgan fingerprint density at radius 1 is 1.40 bits per heavy atom. The molecule has 1 aliphatic heterocycles. The number of carbonyl (C=O) groups is 1. The predicted molar refractivity (Wildman–Crippen MR) is 81.2 cm³/mol. The van der Waals surface area contributed by atoms with Crippen LogP contribution in [0.25, 0.3) is 0 Å². The van der Waals surface area contributed by atoms with E-state index in [1.807, 2.05) is 11.0 Å². The maximum atomic E-state index is 12.3. The molecule has 1 fully saturated rings. The monoisotopic (exact) mass is 275 g/mol. The van der Waals surface area contributed by atoms with Gasteiger partial charge in [-0.15, -0.1) is 0 Å². The van der Waals surface area contributed by atoms with Gasteiger partial charge in [0.05, 0.1) is 18.3 Å². The topological polar surface area (TPSA) is 59.2 Å². The van der Waals surface area contributed by atoms with Gasteiger partial charge in [0.25, 0.3) is 0 Å². The van der Waals surface area contributed by atoms with Crippen LogP contribution in [0.2, 0.25) is 0 Å². The molecular weight excluding hydrogens is 250 g/mol. The number of aromatic nitrogens is 1. The van der Waals surface area contributed by atoms with Gasteiger partial charge in [0.2, 0.25) is 5.91 Å². The number of amides is 1. The van der Waals surface area contributed by atoms with E-state index in [-0.39, 0.29) is 5.91 Å². The first kappa shape index (κ1) is 14.8. The normalized spacial score (nSPS) is 19.6. The first-order valence-corrected chi connectivity index (χ1v) is 7.67. The number of likely N-dealkylation sites (tertiary alicyclic amines) is 1. The van der Waals surface area contributed by atoms with Crippen LogP contribution in [0.15, 0.2) is 18.3 Å². The van der Waals surface area contributed by atoms with E-state index in [9.17, 15) is 4.79 Å². The molecule has 4 nitrogen and oxygen atoms in total. The molecule has 0 bridgehead atoms. The second kappa shape index (κ2) is 7.27. The van der Waals surface area contributed by atoms with Gasteiger partial charge in [-0.2, -0.15) is 0 Å². The molecule has 2 rings (SSSR count). The number of nitrogen functional groups attached to an aromatic ring is 1. The highest BCUT2D eigenvalue weighted by Gasteiger charge is 2.20. The number of pyridine rings is 1. The minimum atomic E-state index is 0.194. The van der Waals surface area contributed by atoms with Crippen molar-refractivity contribution in [3.63, 3.8) is 0 Å². The van der Waals surface area contributed by atoms with Crippen molar-refractivity contribution in [2.75, 3.05) is 18.8 Å². The van der Waals surface area contributed by atoms with E-state index in [1.54, 1.807) is 12.3 Å². The largest absolute Gasteiger partial charge is 0.397 e. The van der Waals surface area contributed by atoms with Crippen LogP contribution < -0.4 is 5.73 Å². The van der Waals surface area contributed by atoms with Crippen molar-refractivity contribution in [2.45, 2.75) is 45.4 Å². The van der Waals surface area contributed by atoms with Crippen LogP contribution in [0.1, 0.15) is 44.7 Å². The molecule has 1 saturated heterocycles. The molecule has 4 heteroatoms. The lowest BCUT2D eigenvalue weighted by atomic mass is 9.96. The van der Waals surface area contributed by atoms with Crippen LogP contribution in [0.3, 0.4) is 0 Å². The molecule has 1 aromatic rings. The molecule has 0 aliphatic carbocycles. The Morgan fingerprint density at radius 3 is 2.95 bits per heavy atom. The molecule has 2 N–H and O–H groups in total. The number of anilines is 1. The third-order valence-corrected chi connectivity index (χ3v) is 4.08. The maximum Gasteiger partial charge on any atom is 0.228 e. The molecule has 1 aliphatic rings. The van der Waals surface area contributed by atoms with Crippen molar-refractivity contribution in [1.82, 2.24) is 9.88 Å². The number of nitrogens with two attached hydrogens (primary N) is 1. The Kier molecular flexibility index (Phi) is 5.39. The minimum absolute atomic E-state index is 0.194. The van der Waals surface area contributed by atoms with E-state index >= 15 is 0 Å². The van der Waals surface area contributed by atoms with Gasteiger partial charge in [0.1, 0.15) is 0 Å². The Morgan fingerprint density at radius 2 is 2.25 bits per heavy atom. The first-order chi connectivity index (χ1) is 9.69.